The zero-order chi connectivity index (χ0) is 30.1. The predicted octanol–water partition coefficient (Wildman–Crippen LogP) is 3.83. The lowest BCUT2D eigenvalue weighted by Gasteiger charge is -2.25. The van der Waals surface area contributed by atoms with Gasteiger partial charge in [-0.15, -0.1) is 10.2 Å². The van der Waals surface area contributed by atoms with Crippen LogP contribution in [0.1, 0.15) is 42.9 Å². The van der Waals surface area contributed by atoms with E-state index in [2.05, 4.69) is 22.0 Å². The molecule has 43 heavy (non-hydrogen) atoms. The number of carbonyl (C=O) groups excluding carboxylic acids is 1. The first-order chi connectivity index (χ1) is 20.8. The van der Waals surface area contributed by atoms with Crippen LogP contribution in [0, 0.1) is 18.7 Å². The number of hydrogen-bond acceptors (Lipinski definition) is 11. The first-order valence-electron chi connectivity index (χ1n) is 14.0. The van der Waals surface area contributed by atoms with Crippen LogP contribution in [0.15, 0.2) is 56.2 Å². The summed E-state index contributed by atoms with van der Waals surface area (Å²) in [6.07, 6.45) is 3.11. The molecule has 5 aromatic rings. The maximum atomic E-state index is 14.4. The average Bonchev–Trinajstić information content (AvgIpc) is 3.72. The third-order valence-electron chi connectivity index (χ3n) is 7.75. The first-order valence-corrected chi connectivity index (χ1v) is 14.0. The fraction of sp³-hybridized carbons (Fsp3) is 0.367. The number of benzene rings is 1. The Balaban J connectivity index is 1.15. The van der Waals surface area contributed by atoms with Crippen molar-refractivity contribution in [1.82, 2.24) is 24.5 Å². The number of aliphatic hydroxyl groups excluding tert-OH is 1. The lowest BCUT2D eigenvalue weighted by Crippen LogP contribution is -2.25. The molecule has 0 unspecified atom stereocenters. The van der Waals surface area contributed by atoms with Gasteiger partial charge in [0.15, 0.2) is 41.2 Å². The molecule has 0 radical (unpaired) electrons. The van der Waals surface area contributed by atoms with Crippen molar-refractivity contribution in [3.63, 3.8) is 0 Å². The molecule has 1 saturated heterocycles. The fourth-order valence-electron chi connectivity index (χ4n) is 5.38. The van der Waals surface area contributed by atoms with E-state index in [1.54, 1.807) is 19.1 Å². The van der Waals surface area contributed by atoms with Gasteiger partial charge in [-0.05, 0) is 56.5 Å². The summed E-state index contributed by atoms with van der Waals surface area (Å²) in [5.74, 6) is -0.473. The van der Waals surface area contributed by atoms with Gasteiger partial charge in [-0.1, -0.05) is 12.1 Å². The third kappa shape index (κ3) is 5.99. The topological polar surface area (TPSA) is 145 Å². The molecule has 12 nitrogen and oxygen atoms in total. The van der Waals surface area contributed by atoms with Crippen molar-refractivity contribution in [2.24, 2.45) is 5.92 Å². The number of carbonyl (C=O) groups is 1. The van der Waals surface area contributed by atoms with E-state index in [4.69, 9.17) is 28.4 Å². The van der Waals surface area contributed by atoms with Crippen LogP contribution in [0.3, 0.4) is 0 Å². The van der Waals surface area contributed by atoms with Gasteiger partial charge in [0.05, 0.1) is 12.1 Å². The Labute approximate surface area is 244 Å². The smallest absolute Gasteiger partial charge is 0.488 e. The van der Waals surface area contributed by atoms with E-state index < -0.39 is 11.6 Å². The first kappa shape index (κ1) is 28.5. The summed E-state index contributed by atoms with van der Waals surface area (Å²) in [4.78, 5) is 30.6. The number of rotatable bonds is 10. The monoisotopic (exact) mass is 591 g/mol. The number of likely N-dealkylation sites (tertiary alicyclic amines) is 1. The third-order valence-corrected chi connectivity index (χ3v) is 7.75. The molecule has 0 saturated carbocycles. The van der Waals surface area contributed by atoms with Crippen LogP contribution in [0.25, 0.3) is 28.1 Å². The number of hydrogen-bond donors (Lipinski definition) is 1. The highest BCUT2D eigenvalue weighted by atomic mass is 19.1. The zero-order valence-electron chi connectivity index (χ0n) is 23.7. The van der Waals surface area contributed by atoms with Gasteiger partial charge in [0, 0.05) is 36.7 Å². The number of ether oxygens (including phenoxy) is 2. The quantitative estimate of drug-likeness (QED) is 0.237. The molecule has 0 bridgehead atoms. The molecular formula is C30H30FN5O7. The molecule has 5 heterocycles. The van der Waals surface area contributed by atoms with E-state index in [0.29, 0.717) is 33.8 Å². The van der Waals surface area contributed by atoms with Crippen LogP contribution in [0.4, 0.5) is 4.39 Å². The van der Waals surface area contributed by atoms with Crippen LogP contribution < -0.4 is 10.6 Å². The molecule has 2 atom stereocenters. The molecule has 0 amide bonds. The Hall–Kier alpha value is -4.62. The molecule has 13 heteroatoms. The van der Waals surface area contributed by atoms with Crippen LogP contribution in [-0.2, 0) is 16.1 Å². The minimum atomic E-state index is -0.815. The van der Waals surface area contributed by atoms with Gasteiger partial charge >= 0.3 is 11.8 Å². The molecule has 0 spiro atoms. The summed E-state index contributed by atoms with van der Waals surface area (Å²) in [7, 11) is 0. The number of fused-ring (bicyclic) bond motifs is 2. The van der Waals surface area contributed by atoms with Crippen molar-refractivity contribution in [1.29, 1.82) is 0 Å². The van der Waals surface area contributed by atoms with E-state index >= 15 is 0 Å². The zero-order valence-corrected chi connectivity index (χ0v) is 23.7. The van der Waals surface area contributed by atoms with E-state index in [1.165, 1.54) is 12.1 Å². The van der Waals surface area contributed by atoms with Crippen LogP contribution >= 0.6 is 0 Å². The molecule has 0 aliphatic carbocycles. The predicted molar refractivity (Wildman–Crippen MR) is 151 cm³/mol. The largest absolute Gasteiger partial charge is 0.519 e. The summed E-state index contributed by atoms with van der Waals surface area (Å²) in [6.45, 7) is 4.87. The average molecular weight is 592 g/mol. The second kappa shape index (κ2) is 11.9. The van der Waals surface area contributed by atoms with Crippen molar-refractivity contribution in [2.75, 3.05) is 26.3 Å². The van der Waals surface area contributed by atoms with Gasteiger partial charge < -0.3 is 23.4 Å². The van der Waals surface area contributed by atoms with Gasteiger partial charge in [-0.2, -0.15) is 0 Å². The Kier molecular flexibility index (Phi) is 7.91. The Morgan fingerprint density at radius 1 is 1.21 bits per heavy atom. The van der Waals surface area contributed by atoms with Crippen molar-refractivity contribution in [3.05, 3.63) is 76.1 Å². The number of nitrogens with zero attached hydrogens (tertiary/aromatic N) is 5. The summed E-state index contributed by atoms with van der Waals surface area (Å²) in [5, 5.41) is 18.3. The summed E-state index contributed by atoms with van der Waals surface area (Å²) in [6, 6.07) is 10.4. The SMILES string of the molecule is Cc1oc(=O)oc1COC(=O)C[C@H]1CCN([C@@H](C)c2ccc3nnc(-c4ccc5cc(F)c(OCCO)cc5n4)n3c2)C1. The molecule has 1 N–H and O–H groups in total. The van der Waals surface area contributed by atoms with Crippen molar-refractivity contribution in [3.8, 4) is 17.3 Å². The number of halogens is 1. The number of aromatic nitrogens is 4. The number of aliphatic hydroxyl groups is 1. The lowest BCUT2D eigenvalue weighted by molar-refractivity contribution is -0.146. The molecular weight excluding hydrogens is 561 g/mol. The highest BCUT2D eigenvalue weighted by Gasteiger charge is 2.29. The van der Waals surface area contributed by atoms with Gasteiger partial charge in [0.2, 0.25) is 0 Å². The maximum Gasteiger partial charge on any atom is 0.519 e. The molecule has 1 fully saturated rings. The Morgan fingerprint density at radius 2 is 2.07 bits per heavy atom. The molecule has 1 aliphatic heterocycles. The lowest BCUT2D eigenvalue weighted by atomic mass is 10.1. The van der Waals surface area contributed by atoms with Gasteiger partial charge in [-0.25, -0.2) is 14.2 Å². The summed E-state index contributed by atoms with van der Waals surface area (Å²) in [5.41, 5.74) is 2.79. The van der Waals surface area contributed by atoms with Gasteiger partial charge in [0.25, 0.3) is 0 Å². The standard InChI is InChI=1S/C30H30FN5O7/c1-17(35-8-7-19(14-35)11-28(38)41-16-26-18(2)42-30(39)43-26)21-4-6-27-33-34-29(36(27)15-21)23-5-3-20-12-22(31)25(40-10-9-37)13-24(20)32-23/h3-6,12-13,15,17,19,37H,7-11,14,16H2,1-2H3/t17-,19+/m0/s1. The molecule has 1 aliphatic rings. The summed E-state index contributed by atoms with van der Waals surface area (Å²) >= 11 is 0. The fourth-order valence-corrected chi connectivity index (χ4v) is 5.38. The molecule has 4 aromatic heterocycles. The maximum absolute atomic E-state index is 14.4. The minimum absolute atomic E-state index is 0.0204. The van der Waals surface area contributed by atoms with E-state index in [0.717, 1.165) is 25.1 Å². The van der Waals surface area contributed by atoms with Crippen LogP contribution in [0.2, 0.25) is 0 Å². The van der Waals surface area contributed by atoms with Crippen LogP contribution in [-0.4, -0.2) is 61.9 Å². The second-order valence-corrected chi connectivity index (χ2v) is 10.6. The van der Waals surface area contributed by atoms with Crippen molar-refractivity contribution >= 4 is 22.5 Å². The number of pyridine rings is 2. The highest BCUT2D eigenvalue weighted by Crippen LogP contribution is 2.31. The molecule has 224 valence electrons. The minimum Gasteiger partial charge on any atom is -0.488 e. The van der Waals surface area contributed by atoms with E-state index in [-0.39, 0.29) is 55.7 Å². The normalized spacial score (nSPS) is 16.2. The highest BCUT2D eigenvalue weighted by molar-refractivity contribution is 5.82. The molecule has 1 aromatic carbocycles. The summed E-state index contributed by atoms with van der Waals surface area (Å²) < 4.78 is 36.5. The van der Waals surface area contributed by atoms with Crippen molar-refractivity contribution < 1.29 is 32.6 Å². The Morgan fingerprint density at radius 3 is 2.86 bits per heavy atom. The number of aryl methyl sites for hydroxylation is 1. The van der Waals surface area contributed by atoms with E-state index in [1.807, 2.05) is 22.7 Å². The van der Waals surface area contributed by atoms with Gasteiger partial charge in [0.1, 0.15) is 12.3 Å². The van der Waals surface area contributed by atoms with Gasteiger partial charge in [-0.3, -0.25) is 14.1 Å². The number of esters is 1. The Bertz CT molecular complexity index is 1850. The molecule has 6 rings (SSSR count). The second-order valence-electron chi connectivity index (χ2n) is 10.6. The van der Waals surface area contributed by atoms with E-state index in [9.17, 15) is 14.0 Å². The van der Waals surface area contributed by atoms with Crippen molar-refractivity contribution in [2.45, 2.75) is 39.3 Å². The van der Waals surface area contributed by atoms with Crippen LogP contribution in [0.5, 0.6) is 5.75 Å².